The van der Waals surface area contributed by atoms with Crippen LogP contribution in [0.4, 0.5) is 0 Å². The average molecular weight is 395 g/mol. The number of amides is 1. The summed E-state index contributed by atoms with van der Waals surface area (Å²) in [5, 5.41) is 12.2. The Hall–Kier alpha value is -3.35. The Balaban J connectivity index is 1.70. The summed E-state index contributed by atoms with van der Waals surface area (Å²) in [6.45, 7) is 4.19. The van der Waals surface area contributed by atoms with Crippen LogP contribution in [0.1, 0.15) is 18.1 Å². The van der Waals surface area contributed by atoms with Crippen LogP contribution in [-0.2, 0) is 29.1 Å². The zero-order chi connectivity index (χ0) is 21.0. The number of nitrogens with one attached hydrogen (secondary N) is 1. The molecule has 0 bridgehead atoms. The van der Waals surface area contributed by atoms with Crippen molar-refractivity contribution in [2.45, 2.75) is 33.4 Å². The van der Waals surface area contributed by atoms with Gasteiger partial charge >= 0.3 is 11.7 Å². The van der Waals surface area contributed by atoms with Gasteiger partial charge in [-0.15, -0.1) is 0 Å². The standard InChI is InChI=1S/C22H25N3O4/c1-3-24-18-9-4-5-10-19(18)25(22(24)29)14-20(26)23-13-17(21(27)28)12-16-8-6-7-15(2)11-16/h4-11,17H,3,12-14H2,1-2H3,(H,23,26)(H,27,28). The van der Waals surface area contributed by atoms with E-state index in [9.17, 15) is 19.5 Å². The molecule has 3 aromatic rings. The summed E-state index contributed by atoms with van der Waals surface area (Å²) < 4.78 is 3.03. The largest absolute Gasteiger partial charge is 0.481 e. The number of para-hydroxylation sites is 2. The maximum Gasteiger partial charge on any atom is 0.329 e. The Morgan fingerprint density at radius 1 is 1.07 bits per heavy atom. The highest BCUT2D eigenvalue weighted by atomic mass is 16.4. The van der Waals surface area contributed by atoms with Crippen molar-refractivity contribution in [3.63, 3.8) is 0 Å². The number of aliphatic carboxylic acids is 1. The van der Waals surface area contributed by atoms with Gasteiger partial charge in [-0.05, 0) is 38.0 Å². The molecule has 0 aliphatic rings. The normalized spacial score (nSPS) is 12.1. The summed E-state index contributed by atoms with van der Waals surface area (Å²) in [6, 6.07) is 15.0. The molecule has 0 radical (unpaired) electrons. The molecule has 152 valence electrons. The summed E-state index contributed by atoms with van der Waals surface area (Å²) in [4.78, 5) is 36.7. The minimum absolute atomic E-state index is 0.00325. The lowest BCUT2D eigenvalue weighted by atomic mass is 9.98. The van der Waals surface area contributed by atoms with Crippen molar-refractivity contribution < 1.29 is 14.7 Å². The van der Waals surface area contributed by atoms with E-state index in [-0.39, 0.29) is 24.7 Å². The first-order valence-corrected chi connectivity index (χ1v) is 9.63. The number of rotatable bonds is 8. The fourth-order valence-electron chi connectivity index (χ4n) is 3.54. The van der Waals surface area contributed by atoms with Crippen molar-refractivity contribution in [1.82, 2.24) is 14.5 Å². The van der Waals surface area contributed by atoms with Crippen molar-refractivity contribution in [2.75, 3.05) is 6.54 Å². The molecule has 7 heteroatoms. The smallest absolute Gasteiger partial charge is 0.329 e. The Labute approximate surface area is 168 Å². The van der Waals surface area contributed by atoms with Crippen LogP contribution in [0.5, 0.6) is 0 Å². The number of carboxylic acid groups (broad SMARTS) is 1. The third kappa shape index (κ3) is 4.56. The van der Waals surface area contributed by atoms with Gasteiger partial charge in [0.15, 0.2) is 0 Å². The maximum absolute atomic E-state index is 12.6. The van der Waals surface area contributed by atoms with Gasteiger partial charge in [0.05, 0.1) is 17.0 Å². The molecular weight excluding hydrogens is 370 g/mol. The molecule has 0 saturated heterocycles. The van der Waals surface area contributed by atoms with Crippen molar-refractivity contribution in [3.8, 4) is 0 Å². The number of imidazole rings is 1. The van der Waals surface area contributed by atoms with Crippen LogP contribution >= 0.6 is 0 Å². The van der Waals surface area contributed by atoms with Crippen molar-refractivity contribution in [3.05, 3.63) is 70.1 Å². The van der Waals surface area contributed by atoms with E-state index in [1.165, 1.54) is 4.57 Å². The molecule has 7 nitrogen and oxygen atoms in total. The zero-order valence-electron chi connectivity index (χ0n) is 16.6. The minimum atomic E-state index is -0.966. The number of carbonyl (C=O) groups excluding carboxylic acids is 1. The predicted octanol–water partition coefficient (Wildman–Crippen LogP) is 2.19. The third-order valence-electron chi connectivity index (χ3n) is 5.00. The lowest BCUT2D eigenvalue weighted by Gasteiger charge is -2.14. The highest BCUT2D eigenvalue weighted by molar-refractivity contribution is 5.81. The number of benzene rings is 2. The molecule has 0 aliphatic carbocycles. The van der Waals surface area contributed by atoms with E-state index >= 15 is 0 Å². The monoisotopic (exact) mass is 395 g/mol. The minimum Gasteiger partial charge on any atom is -0.481 e. The molecule has 3 rings (SSSR count). The molecule has 1 amide bonds. The second-order valence-electron chi connectivity index (χ2n) is 7.13. The van der Waals surface area contributed by atoms with E-state index in [2.05, 4.69) is 5.32 Å². The first kappa shape index (κ1) is 20.4. The van der Waals surface area contributed by atoms with E-state index in [1.54, 1.807) is 10.6 Å². The Morgan fingerprint density at radius 2 is 1.76 bits per heavy atom. The molecule has 0 spiro atoms. The summed E-state index contributed by atoms with van der Waals surface area (Å²) in [5.74, 6) is -2.09. The molecule has 2 N–H and O–H groups in total. The van der Waals surface area contributed by atoms with Crippen molar-refractivity contribution >= 4 is 22.9 Å². The van der Waals surface area contributed by atoms with Crippen molar-refractivity contribution in [2.24, 2.45) is 5.92 Å². The molecule has 1 unspecified atom stereocenters. The summed E-state index contributed by atoms with van der Waals surface area (Å²) in [5.41, 5.74) is 3.18. The molecule has 1 atom stereocenters. The Morgan fingerprint density at radius 3 is 2.38 bits per heavy atom. The molecule has 0 fully saturated rings. The van der Waals surface area contributed by atoms with Gasteiger partial charge in [-0.1, -0.05) is 42.0 Å². The second kappa shape index (κ2) is 8.77. The van der Waals surface area contributed by atoms with Gasteiger partial charge in [0.25, 0.3) is 0 Å². The number of aromatic nitrogens is 2. The van der Waals surface area contributed by atoms with E-state index in [0.29, 0.717) is 18.5 Å². The van der Waals surface area contributed by atoms with Gasteiger partial charge in [-0.3, -0.25) is 18.7 Å². The Bertz CT molecular complexity index is 1100. The molecule has 2 aromatic carbocycles. The van der Waals surface area contributed by atoms with Gasteiger partial charge in [0.1, 0.15) is 6.54 Å². The van der Waals surface area contributed by atoms with Crippen molar-refractivity contribution in [1.29, 1.82) is 0 Å². The number of aryl methyl sites for hydroxylation is 2. The van der Waals surface area contributed by atoms with E-state index in [4.69, 9.17) is 0 Å². The number of carbonyl (C=O) groups is 2. The highest BCUT2D eigenvalue weighted by Gasteiger charge is 2.20. The Kier molecular flexibility index (Phi) is 6.16. The molecular formula is C22H25N3O4. The van der Waals surface area contributed by atoms with Gasteiger partial charge in [0.2, 0.25) is 5.91 Å². The third-order valence-corrected chi connectivity index (χ3v) is 5.00. The number of fused-ring (bicyclic) bond motifs is 1. The van der Waals surface area contributed by atoms with Gasteiger partial charge in [-0.2, -0.15) is 0 Å². The quantitative estimate of drug-likeness (QED) is 0.611. The van der Waals surface area contributed by atoms with Crippen LogP contribution in [-0.4, -0.2) is 32.7 Å². The predicted molar refractivity (Wildman–Crippen MR) is 111 cm³/mol. The summed E-state index contributed by atoms with van der Waals surface area (Å²) >= 11 is 0. The van der Waals surface area contributed by atoms with Gasteiger partial charge in [-0.25, -0.2) is 4.79 Å². The van der Waals surface area contributed by atoms with Crippen LogP contribution < -0.4 is 11.0 Å². The molecule has 1 aromatic heterocycles. The molecule has 29 heavy (non-hydrogen) atoms. The van der Waals surface area contributed by atoms with Gasteiger partial charge in [0, 0.05) is 13.1 Å². The number of carboxylic acids is 1. The number of nitrogens with zero attached hydrogens (tertiary/aromatic N) is 2. The average Bonchev–Trinajstić information content (AvgIpc) is 2.96. The molecule has 0 aliphatic heterocycles. The van der Waals surface area contributed by atoms with Crippen LogP contribution in [0.2, 0.25) is 0 Å². The fourth-order valence-corrected chi connectivity index (χ4v) is 3.54. The SMILES string of the molecule is CCn1c(=O)n(CC(=O)NCC(Cc2cccc(C)c2)C(=O)O)c2ccccc21. The van der Waals surface area contributed by atoms with Crippen LogP contribution in [0.3, 0.4) is 0 Å². The summed E-state index contributed by atoms with van der Waals surface area (Å²) in [6.07, 6.45) is 0.326. The fraction of sp³-hybridized carbons (Fsp3) is 0.318. The lowest BCUT2D eigenvalue weighted by molar-refractivity contribution is -0.141. The van der Waals surface area contributed by atoms with Crippen LogP contribution in [0.25, 0.3) is 11.0 Å². The molecule has 1 heterocycles. The van der Waals surface area contributed by atoms with Crippen LogP contribution in [0, 0.1) is 12.8 Å². The highest BCUT2D eigenvalue weighted by Crippen LogP contribution is 2.13. The number of hydrogen-bond acceptors (Lipinski definition) is 3. The zero-order valence-corrected chi connectivity index (χ0v) is 16.6. The van der Waals surface area contributed by atoms with E-state index in [1.807, 2.05) is 56.3 Å². The summed E-state index contributed by atoms with van der Waals surface area (Å²) in [7, 11) is 0. The van der Waals surface area contributed by atoms with Gasteiger partial charge < -0.3 is 10.4 Å². The van der Waals surface area contributed by atoms with E-state index < -0.39 is 11.9 Å². The molecule has 0 saturated carbocycles. The van der Waals surface area contributed by atoms with Crippen LogP contribution in [0.15, 0.2) is 53.3 Å². The number of hydrogen-bond donors (Lipinski definition) is 2. The van der Waals surface area contributed by atoms with E-state index in [0.717, 1.165) is 16.6 Å². The second-order valence-corrected chi connectivity index (χ2v) is 7.13. The first-order chi connectivity index (χ1) is 13.9. The topological polar surface area (TPSA) is 93.3 Å². The maximum atomic E-state index is 12.6. The lowest BCUT2D eigenvalue weighted by Crippen LogP contribution is -2.37. The first-order valence-electron chi connectivity index (χ1n) is 9.63.